The molecule has 0 bridgehead atoms. The van der Waals surface area contributed by atoms with Crippen molar-refractivity contribution in [3.8, 4) is 0 Å². The Kier molecular flexibility index (Phi) is 7.13. The summed E-state index contributed by atoms with van der Waals surface area (Å²) >= 11 is 0. The van der Waals surface area contributed by atoms with Gasteiger partial charge in [-0.15, -0.1) is 12.4 Å². The Balaban J connectivity index is 0.00000225. The molecule has 3 aromatic rings. The van der Waals surface area contributed by atoms with Crippen LogP contribution in [0.2, 0.25) is 0 Å². The van der Waals surface area contributed by atoms with E-state index in [0.29, 0.717) is 18.3 Å². The lowest BCUT2D eigenvalue weighted by Crippen LogP contribution is -2.26. The number of nitrogens with zero attached hydrogens (tertiary/aromatic N) is 3. The quantitative estimate of drug-likeness (QED) is 0.697. The summed E-state index contributed by atoms with van der Waals surface area (Å²) in [5, 5.41) is 4.04. The van der Waals surface area contributed by atoms with E-state index in [1.807, 2.05) is 12.1 Å². The normalized spacial score (nSPS) is 12.0. The van der Waals surface area contributed by atoms with Crippen molar-refractivity contribution >= 4 is 12.4 Å². The highest BCUT2D eigenvalue weighted by atomic mass is 35.5. The van der Waals surface area contributed by atoms with E-state index in [2.05, 4.69) is 70.5 Å². The van der Waals surface area contributed by atoms with Gasteiger partial charge in [0.2, 0.25) is 5.89 Å². The van der Waals surface area contributed by atoms with Gasteiger partial charge in [0.15, 0.2) is 5.82 Å². The maximum atomic E-state index is 5.56. The minimum atomic E-state index is 0. The molecular weight excluding hydrogens is 336 g/mol. The van der Waals surface area contributed by atoms with Crippen molar-refractivity contribution in [3.63, 3.8) is 0 Å². The fourth-order valence-electron chi connectivity index (χ4n) is 2.71. The monoisotopic (exact) mass is 358 g/mol. The summed E-state index contributed by atoms with van der Waals surface area (Å²) in [6, 6.07) is 21.1. The maximum Gasteiger partial charge on any atom is 0.240 e. The zero-order chi connectivity index (χ0) is 16.8. The Morgan fingerprint density at radius 3 is 2.24 bits per heavy atom. The van der Waals surface area contributed by atoms with E-state index in [0.717, 1.165) is 6.54 Å². The molecule has 132 valence electrons. The molecule has 5 nitrogen and oxygen atoms in total. The third kappa shape index (κ3) is 5.13. The molecule has 2 N–H and O–H groups in total. The standard InChI is InChI=1S/C19H22N4O.ClH/c1-15(17-10-6-3-7-11-17)23(13-16-8-4-2-5-9-16)14-18-21-19(12-20)24-22-18;/h2-11,15H,12-14,20H2,1H3;1H. The molecule has 0 aliphatic rings. The van der Waals surface area contributed by atoms with Crippen molar-refractivity contribution in [2.24, 2.45) is 5.73 Å². The summed E-state index contributed by atoms with van der Waals surface area (Å²) in [6.45, 7) is 3.87. The van der Waals surface area contributed by atoms with Crippen LogP contribution in [0.25, 0.3) is 0 Å². The molecule has 0 aliphatic carbocycles. The topological polar surface area (TPSA) is 68.2 Å². The van der Waals surface area contributed by atoms with Gasteiger partial charge in [-0.1, -0.05) is 65.8 Å². The van der Waals surface area contributed by atoms with Crippen molar-refractivity contribution in [3.05, 3.63) is 83.5 Å². The molecular formula is C19H23ClN4O. The first-order chi connectivity index (χ1) is 11.8. The molecule has 1 atom stereocenters. The van der Waals surface area contributed by atoms with Crippen LogP contribution >= 0.6 is 12.4 Å². The highest BCUT2D eigenvalue weighted by Gasteiger charge is 2.19. The second kappa shape index (κ2) is 9.32. The first kappa shape index (κ1) is 19.1. The molecule has 0 saturated heterocycles. The second-order valence-corrected chi connectivity index (χ2v) is 5.79. The van der Waals surface area contributed by atoms with Gasteiger partial charge in [-0.25, -0.2) is 0 Å². The van der Waals surface area contributed by atoms with E-state index in [1.165, 1.54) is 11.1 Å². The molecule has 3 rings (SSSR count). The van der Waals surface area contributed by atoms with Gasteiger partial charge >= 0.3 is 0 Å². The van der Waals surface area contributed by atoms with Crippen molar-refractivity contribution < 1.29 is 4.52 Å². The summed E-state index contributed by atoms with van der Waals surface area (Å²) in [5.41, 5.74) is 8.07. The zero-order valence-electron chi connectivity index (χ0n) is 14.2. The molecule has 0 radical (unpaired) electrons. The average molecular weight is 359 g/mol. The highest BCUT2D eigenvalue weighted by molar-refractivity contribution is 5.85. The number of nitrogens with two attached hydrogens (primary N) is 1. The Bertz CT molecular complexity index is 748. The van der Waals surface area contributed by atoms with E-state index in [9.17, 15) is 0 Å². The van der Waals surface area contributed by atoms with Crippen LogP contribution in [0.5, 0.6) is 0 Å². The van der Waals surface area contributed by atoms with Crippen LogP contribution in [0.4, 0.5) is 0 Å². The van der Waals surface area contributed by atoms with Gasteiger partial charge in [0.25, 0.3) is 0 Å². The fraction of sp³-hybridized carbons (Fsp3) is 0.263. The van der Waals surface area contributed by atoms with Gasteiger partial charge < -0.3 is 10.3 Å². The Labute approximate surface area is 154 Å². The Hall–Kier alpha value is -2.21. The molecule has 1 aromatic heterocycles. The lowest BCUT2D eigenvalue weighted by atomic mass is 10.1. The van der Waals surface area contributed by atoms with Crippen LogP contribution in [0.3, 0.4) is 0 Å². The number of aromatic nitrogens is 2. The van der Waals surface area contributed by atoms with E-state index >= 15 is 0 Å². The first-order valence-corrected chi connectivity index (χ1v) is 8.10. The van der Waals surface area contributed by atoms with Gasteiger partial charge in [0.1, 0.15) is 0 Å². The molecule has 2 aromatic carbocycles. The second-order valence-electron chi connectivity index (χ2n) is 5.79. The Morgan fingerprint density at radius 2 is 1.64 bits per heavy atom. The molecule has 0 aliphatic heterocycles. The van der Waals surface area contributed by atoms with Crippen LogP contribution in [-0.4, -0.2) is 15.0 Å². The number of halogens is 1. The molecule has 0 saturated carbocycles. The number of hydrogen-bond acceptors (Lipinski definition) is 5. The molecule has 1 unspecified atom stereocenters. The summed E-state index contributed by atoms with van der Waals surface area (Å²) in [5.74, 6) is 1.13. The van der Waals surface area contributed by atoms with Crippen LogP contribution < -0.4 is 5.73 Å². The summed E-state index contributed by atoms with van der Waals surface area (Å²) in [6.07, 6.45) is 0. The predicted octanol–water partition coefficient (Wildman–Crippen LogP) is 3.71. The van der Waals surface area contributed by atoms with Crippen molar-refractivity contribution in [1.82, 2.24) is 15.0 Å². The first-order valence-electron chi connectivity index (χ1n) is 8.10. The van der Waals surface area contributed by atoms with Gasteiger partial charge in [-0.05, 0) is 18.1 Å². The third-order valence-corrected chi connectivity index (χ3v) is 4.09. The van der Waals surface area contributed by atoms with Crippen LogP contribution in [0.15, 0.2) is 65.2 Å². The fourth-order valence-corrected chi connectivity index (χ4v) is 2.71. The molecule has 6 heteroatoms. The average Bonchev–Trinajstić information content (AvgIpc) is 3.10. The SMILES string of the molecule is CC(c1ccccc1)N(Cc1ccccc1)Cc1noc(CN)n1.Cl. The Morgan fingerprint density at radius 1 is 1.00 bits per heavy atom. The van der Waals surface area contributed by atoms with Crippen LogP contribution in [0, 0.1) is 0 Å². The molecule has 1 heterocycles. The highest BCUT2D eigenvalue weighted by Crippen LogP contribution is 2.23. The van der Waals surface area contributed by atoms with Gasteiger partial charge in [-0.2, -0.15) is 4.98 Å². The predicted molar refractivity (Wildman–Crippen MR) is 100.0 cm³/mol. The summed E-state index contributed by atoms with van der Waals surface area (Å²) in [4.78, 5) is 6.67. The van der Waals surface area contributed by atoms with Gasteiger partial charge in [0.05, 0.1) is 13.1 Å². The molecule has 25 heavy (non-hydrogen) atoms. The van der Waals surface area contributed by atoms with Crippen LogP contribution in [0.1, 0.15) is 35.8 Å². The minimum Gasteiger partial charge on any atom is -0.338 e. The largest absolute Gasteiger partial charge is 0.338 e. The number of rotatable bonds is 7. The smallest absolute Gasteiger partial charge is 0.240 e. The van der Waals surface area contributed by atoms with E-state index in [-0.39, 0.29) is 25.0 Å². The third-order valence-electron chi connectivity index (χ3n) is 4.09. The number of hydrogen-bond donors (Lipinski definition) is 1. The lowest BCUT2D eigenvalue weighted by Gasteiger charge is -2.28. The zero-order valence-corrected chi connectivity index (χ0v) is 15.0. The van der Waals surface area contributed by atoms with Crippen molar-refractivity contribution in [1.29, 1.82) is 0 Å². The van der Waals surface area contributed by atoms with Crippen molar-refractivity contribution in [2.75, 3.05) is 0 Å². The maximum absolute atomic E-state index is 5.56. The minimum absolute atomic E-state index is 0. The van der Waals surface area contributed by atoms with E-state index < -0.39 is 0 Å². The van der Waals surface area contributed by atoms with Gasteiger partial charge in [0, 0.05) is 12.6 Å². The molecule has 0 fully saturated rings. The number of benzene rings is 2. The summed E-state index contributed by atoms with van der Waals surface area (Å²) < 4.78 is 5.14. The van der Waals surface area contributed by atoms with E-state index in [4.69, 9.17) is 10.3 Å². The van der Waals surface area contributed by atoms with E-state index in [1.54, 1.807) is 0 Å². The van der Waals surface area contributed by atoms with Crippen LogP contribution in [-0.2, 0) is 19.6 Å². The molecule has 0 spiro atoms. The lowest BCUT2D eigenvalue weighted by molar-refractivity contribution is 0.184. The molecule has 0 amide bonds. The van der Waals surface area contributed by atoms with Gasteiger partial charge in [-0.3, -0.25) is 4.90 Å². The summed E-state index contributed by atoms with van der Waals surface area (Å²) in [7, 11) is 0. The van der Waals surface area contributed by atoms with Crippen molar-refractivity contribution in [2.45, 2.75) is 32.6 Å².